The van der Waals surface area contributed by atoms with Gasteiger partial charge in [-0.05, 0) is 60.9 Å². The lowest BCUT2D eigenvalue weighted by atomic mass is 10.1. The van der Waals surface area contributed by atoms with Gasteiger partial charge in [-0.25, -0.2) is 0 Å². The molecule has 17 heavy (non-hydrogen) atoms. The molecule has 98 valence electrons. The number of rotatable bonds is 6. The second kappa shape index (κ2) is 7.10. The Morgan fingerprint density at radius 2 is 2.18 bits per heavy atom. The molecule has 1 saturated carbocycles. The minimum atomic E-state index is 0. The van der Waals surface area contributed by atoms with Gasteiger partial charge in [0.2, 0.25) is 0 Å². The Bertz CT molecular complexity index is 337. The van der Waals surface area contributed by atoms with Crippen molar-refractivity contribution in [3.8, 4) is 0 Å². The SMILES string of the molecule is CN(C)C(CNCc1ccc(Br)s1)C1CC1.Cl. The molecule has 1 N–H and O–H groups in total. The van der Waals surface area contributed by atoms with Crippen molar-refractivity contribution in [1.29, 1.82) is 0 Å². The Hall–Kier alpha value is 0.390. The summed E-state index contributed by atoms with van der Waals surface area (Å²) in [4.78, 5) is 3.76. The highest BCUT2D eigenvalue weighted by atomic mass is 79.9. The molecule has 0 radical (unpaired) electrons. The molecule has 1 unspecified atom stereocenters. The smallest absolute Gasteiger partial charge is 0.0701 e. The zero-order valence-electron chi connectivity index (χ0n) is 10.3. The Kier molecular flexibility index (Phi) is 6.45. The van der Waals surface area contributed by atoms with E-state index in [9.17, 15) is 0 Å². The summed E-state index contributed by atoms with van der Waals surface area (Å²) in [5, 5.41) is 3.57. The van der Waals surface area contributed by atoms with Crippen LogP contribution in [0.25, 0.3) is 0 Å². The molecular weight excluding hydrogens is 320 g/mol. The highest BCUT2D eigenvalue weighted by Gasteiger charge is 2.31. The minimum absolute atomic E-state index is 0. The van der Waals surface area contributed by atoms with Gasteiger partial charge in [0, 0.05) is 24.0 Å². The zero-order chi connectivity index (χ0) is 11.5. The largest absolute Gasteiger partial charge is 0.310 e. The van der Waals surface area contributed by atoms with Crippen LogP contribution in [-0.2, 0) is 6.54 Å². The van der Waals surface area contributed by atoms with Crippen LogP contribution in [-0.4, -0.2) is 31.6 Å². The van der Waals surface area contributed by atoms with Crippen molar-refractivity contribution in [2.75, 3.05) is 20.6 Å². The third-order valence-electron chi connectivity index (χ3n) is 3.11. The summed E-state index contributed by atoms with van der Waals surface area (Å²) in [6, 6.07) is 5.01. The van der Waals surface area contributed by atoms with Gasteiger partial charge in [-0.3, -0.25) is 0 Å². The van der Waals surface area contributed by atoms with Crippen LogP contribution in [0, 0.1) is 5.92 Å². The van der Waals surface area contributed by atoms with E-state index >= 15 is 0 Å². The normalized spacial score (nSPS) is 16.9. The Morgan fingerprint density at radius 3 is 2.65 bits per heavy atom. The van der Waals surface area contributed by atoms with Crippen molar-refractivity contribution >= 4 is 39.7 Å². The Balaban J connectivity index is 0.00000144. The van der Waals surface area contributed by atoms with Crippen LogP contribution in [0.2, 0.25) is 0 Å². The molecule has 2 nitrogen and oxygen atoms in total. The summed E-state index contributed by atoms with van der Waals surface area (Å²) in [6.45, 7) is 2.10. The quantitative estimate of drug-likeness (QED) is 0.855. The number of thiophene rings is 1. The molecule has 1 aromatic rings. The molecule has 1 atom stereocenters. The van der Waals surface area contributed by atoms with Gasteiger partial charge in [0.05, 0.1) is 3.79 Å². The van der Waals surface area contributed by atoms with Crippen LogP contribution in [0.3, 0.4) is 0 Å². The molecular formula is C12H20BrClN2S. The predicted octanol–water partition coefficient (Wildman–Crippen LogP) is 3.36. The van der Waals surface area contributed by atoms with Gasteiger partial charge in [-0.15, -0.1) is 23.7 Å². The molecule has 0 aliphatic heterocycles. The first-order valence-corrected chi connectivity index (χ1v) is 7.39. The third-order valence-corrected chi connectivity index (χ3v) is 4.73. The standard InChI is InChI=1S/C12H19BrN2S.ClH/c1-15(2)11(9-3-4-9)8-14-7-10-5-6-12(13)16-10;/h5-6,9,11,14H,3-4,7-8H2,1-2H3;1H. The summed E-state index contributed by atoms with van der Waals surface area (Å²) in [6.07, 6.45) is 2.82. The zero-order valence-corrected chi connectivity index (χ0v) is 13.5. The van der Waals surface area contributed by atoms with E-state index < -0.39 is 0 Å². The van der Waals surface area contributed by atoms with Gasteiger partial charge in [0.15, 0.2) is 0 Å². The highest BCUT2D eigenvalue weighted by Crippen LogP contribution is 2.34. The molecule has 1 aromatic heterocycles. The molecule has 0 amide bonds. The molecule has 1 fully saturated rings. The number of hydrogen-bond acceptors (Lipinski definition) is 3. The van der Waals surface area contributed by atoms with E-state index in [1.54, 1.807) is 0 Å². The van der Waals surface area contributed by atoms with Crippen molar-refractivity contribution in [3.05, 3.63) is 20.8 Å². The number of likely N-dealkylation sites (N-methyl/N-ethyl adjacent to an activating group) is 1. The second-order valence-electron chi connectivity index (χ2n) is 4.71. The van der Waals surface area contributed by atoms with Gasteiger partial charge in [0.25, 0.3) is 0 Å². The third kappa shape index (κ3) is 4.87. The summed E-state index contributed by atoms with van der Waals surface area (Å²) in [7, 11) is 4.37. The summed E-state index contributed by atoms with van der Waals surface area (Å²) in [5.41, 5.74) is 0. The van der Waals surface area contributed by atoms with Gasteiger partial charge in [0.1, 0.15) is 0 Å². The first-order chi connectivity index (χ1) is 7.66. The average molecular weight is 340 g/mol. The highest BCUT2D eigenvalue weighted by molar-refractivity contribution is 9.11. The molecule has 0 saturated heterocycles. The first kappa shape index (κ1) is 15.4. The summed E-state index contributed by atoms with van der Waals surface area (Å²) < 4.78 is 1.22. The fraction of sp³-hybridized carbons (Fsp3) is 0.667. The van der Waals surface area contributed by atoms with Gasteiger partial charge < -0.3 is 10.2 Å². The van der Waals surface area contributed by atoms with Crippen molar-refractivity contribution < 1.29 is 0 Å². The molecule has 1 heterocycles. The fourth-order valence-corrected chi connectivity index (χ4v) is 3.49. The molecule has 0 bridgehead atoms. The lowest BCUT2D eigenvalue weighted by Gasteiger charge is -2.24. The van der Waals surface area contributed by atoms with Crippen LogP contribution in [0.5, 0.6) is 0 Å². The van der Waals surface area contributed by atoms with Gasteiger partial charge in [-0.1, -0.05) is 0 Å². The van der Waals surface area contributed by atoms with E-state index in [1.165, 1.54) is 21.5 Å². The van der Waals surface area contributed by atoms with Crippen LogP contribution in [0.1, 0.15) is 17.7 Å². The van der Waals surface area contributed by atoms with Crippen molar-refractivity contribution in [2.24, 2.45) is 5.92 Å². The fourth-order valence-electron chi connectivity index (χ4n) is 2.04. The van der Waals surface area contributed by atoms with E-state index in [-0.39, 0.29) is 12.4 Å². The first-order valence-electron chi connectivity index (χ1n) is 5.78. The van der Waals surface area contributed by atoms with E-state index in [0.29, 0.717) is 6.04 Å². The Labute approximate surface area is 122 Å². The summed E-state index contributed by atoms with van der Waals surface area (Å²) in [5.74, 6) is 0.928. The average Bonchev–Trinajstić information content (AvgIpc) is 2.97. The summed E-state index contributed by atoms with van der Waals surface area (Å²) >= 11 is 5.30. The molecule has 2 rings (SSSR count). The second-order valence-corrected chi connectivity index (χ2v) is 7.25. The van der Waals surface area contributed by atoms with Crippen LogP contribution >= 0.6 is 39.7 Å². The van der Waals surface area contributed by atoms with E-state index in [1.807, 2.05) is 11.3 Å². The van der Waals surface area contributed by atoms with E-state index in [4.69, 9.17) is 0 Å². The maximum absolute atomic E-state index is 3.57. The Morgan fingerprint density at radius 1 is 1.47 bits per heavy atom. The van der Waals surface area contributed by atoms with Gasteiger partial charge >= 0.3 is 0 Å². The van der Waals surface area contributed by atoms with Crippen molar-refractivity contribution in [3.63, 3.8) is 0 Å². The van der Waals surface area contributed by atoms with Crippen LogP contribution < -0.4 is 5.32 Å². The van der Waals surface area contributed by atoms with Crippen molar-refractivity contribution in [1.82, 2.24) is 10.2 Å². The van der Waals surface area contributed by atoms with Crippen molar-refractivity contribution in [2.45, 2.75) is 25.4 Å². The molecule has 5 heteroatoms. The molecule has 0 spiro atoms. The van der Waals surface area contributed by atoms with Gasteiger partial charge in [-0.2, -0.15) is 0 Å². The lowest BCUT2D eigenvalue weighted by molar-refractivity contribution is 0.255. The number of hydrogen-bond donors (Lipinski definition) is 1. The monoisotopic (exact) mass is 338 g/mol. The number of nitrogens with zero attached hydrogens (tertiary/aromatic N) is 1. The predicted molar refractivity (Wildman–Crippen MR) is 81.2 cm³/mol. The molecule has 1 aliphatic rings. The van der Waals surface area contributed by atoms with Crippen LogP contribution in [0.4, 0.5) is 0 Å². The molecule has 0 aromatic carbocycles. The minimum Gasteiger partial charge on any atom is -0.310 e. The topological polar surface area (TPSA) is 15.3 Å². The number of nitrogens with one attached hydrogen (secondary N) is 1. The molecule has 1 aliphatic carbocycles. The van der Waals surface area contributed by atoms with E-state index in [0.717, 1.165) is 19.0 Å². The van der Waals surface area contributed by atoms with E-state index in [2.05, 4.69) is 52.4 Å². The number of halogens is 2. The maximum atomic E-state index is 3.57. The van der Waals surface area contributed by atoms with Crippen LogP contribution in [0.15, 0.2) is 15.9 Å². The lowest BCUT2D eigenvalue weighted by Crippen LogP contribution is -2.39. The maximum Gasteiger partial charge on any atom is 0.0701 e.